The zero-order valence-corrected chi connectivity index (χ0v) is 23.9. The molecule has 0 amide bonds. The van der Waals surface area contributed by atoms with Gasteiger partial charge in [0.25, 0.3) is 0 Å². The Labute approximate surface area is 256 Å². The Kier molecular flexibility index (Phi) is 5.78. The van der Waals surface area contributed by atoms with Crippen molar-refractivity contribution in [3.8, 4) is 51.6 Å². The van der Waals surface area contributed by atoms with Crippen LogP contribution in [-0.4, -0.2) is 0 Å². The summed E-state index contributed by atoms with van der Waals surface area (Å²) >= 11 is 1.76. The van der Waals surface area contributed by atoms with E-state index >= 15 is 0 Å². The first kappa shape index (κ1) is 25.5. The molecule has 0 bridgehead atoms. The van der Waals surface area contributed by atoms with Crippen LogP contribution >= 0.6 is 11.3 Å². The number of furan rings is 1. The number of rotatable bonds is 3. The molecule has 5 heteroatoms. The Bertz CT molecular complexity index is 2570. The molecule has 0 aliphatic rings. The maximum atomic E-state index is 10.1. The molecular formula is C39H19N3OS. The smallest absolute Gasteiger partial charge is 0.143 e. The van der Waals surface area contributed by atoms with E-state index in [9.17, 15) is 15.8 Å². The Morgan fingerprint density at radius 2 is 1.18 bits per heavy atom. The molecule has 0 aliphatic heterocycles. The first-order valence-corrected chi connectivity index (χ1v) is 14.8. The van der Waals surface area contributed by atoms with Gasteiger partial charge in [0.2, 0.25) is 0 Å². The number of benzene rings is 6. The predicted molar refractivity (Wildman–Crippen MR) is 177 cm³/mol. The van der Waals surface area contributed by atoms with Gasteiger partial charge in [-0.15, -0.1) is 11.3 Å². The molecule has 0 aliphatic carbocycles. The summed E-state index contributed by atoms with van der Waals surface area (Å²) in [6.07, 6.45) is 0. The summed E-state index contributed by atoms with van der Waals surface area (Å²) < 4.78 is 8.82. The van der Waals surface area contributed by atoms with Gasteiger partial charge in [0.15, 0.2) is 0 Å². The second kappa shape index (κ2) is 9.97. The van der Waals surface area contributed by atoms with Crippen molar-refractivity contribution < 1.29 is 4.42 Å². The Hall–Kier alpha value is -6.19. The number of hydrogen-bond donors (Lipinski definition) is 0. The fourth-order valence-electron chi connectivity index (χ4n) is 6.17. The molecule has 2 heterocycles. The molecule has 0 spiro atoms. The number of thiophene rings is 1. The maximum absolute atomic E-state index is 10.1. The number of nitrogens with zero attached hydrogens (tertiary/aromatic N) is 3. The molecule has 0 fully saturated rings. The van der Waals surface area contributed by atoms with Gasteiger partial charge in [0, 0.05) is 42.1 Å². The second-order valence-corrected chi connectivity index (χ2v) is 11.8. The summed E-state index contributed by atoms with van der Waals surface area (Å²) in [6.45, 7) is 0. The van der Waals surface area contributed by atoms with Crippen LogP contribution in [0.3, 0.4) is 0 Å². The molecule has 4 nitrogen and oxygen atoms in total. The molecule has 44 heavy (non-hydrogen) atoms. The second-order valence-electron chi connectivity index (χ2n) is 10.7. The van der Waals surface area contributed by atoms with Gasteiger partial charge in [0.1, 0.15) is 11.2 Å². The lowest BCUT2D eigenvalue weighted by Crippen LogP contribution is -1.94. The fourth-order valence-corrected chi connectivity index (χ4v) is 7.31. The molecule has 8 rings (SSSR count). The van der Waals surface area contributed by atoms with Crippen molar-refractivity contribution in [1.29, 1.82) is 15.8 Å². The van der Waals surface area contributed by atoms with Crippen LogP contribution in [0.4, 0.5) is 0 Å². The van der Waals surface area contributed by atoms with Gasteiger partial charge in [-0.2, -0.15) is 15.8 Å². The van der Waals surface area contributed by atoms with E-state index in [1.54, 1.807) is 23.5 Å². The normalized spacial score (nSPS) is 11.1. The minimum absolute atomic E-state index is 0.278. The topological polar surface area (TPSA) is 84.5 Å². The van der Waals surface area contributed by atoms with Crippen molar-refractivity contribution in [1.82, 2.24) is 0 Å². The van der Waals surface area contributed by atoms with Gasteiger partial charge >= 0.3 is 0 Å². The van der Waals surface area contributed by atoms with Crippen LogP contribution in [-0.2, 0) is 0 Å². The first-order chi connectivity index (χ1) is 21.6. The third-order valence-corrected chi connectivity index (χ3v) is 9.29. The van der Waals surface area contributed by atoms with Gasteiger partial charge in [-0.25, -0.2) is 0 Å². The van der Waals surface area contributed by atoms with Gasteiger partial charge in [-0.05, 0) is 70.8 Å². The van der Waals surface area contributed by atoms with E-state index in [1.807, 2.05) is 42.5 Å². The van der Waals surface area contributed by atoms with Gasteiger partial charge < -0.3 is 4.42 Å². The minimum atomic E-state index is 0.278. The SMILES string of the molecule is N#Cc1cc(C#N)c(-c2cc(-c3ccc4c(c3)sc3ccccc34)cc(-c3cccc4c3oc3ccccc34)c2)c(C#N)c1. The standard InChI is InChI=1S/C39H19N3OS/c40-20-23-14-28(21-41)38(29(15-23)22-42)27-17-25(24-12-13-33-32-7-2-4-11-36(32)44-37(33)19-24)16-26(18-27)30-8-5-9-34-31-6-1-3-10-35(31)43-39(30)34/h1-19H. The van der Waals surface area contributed by atoms with Crippen LogP contribution in [0.1, 0.15) is 16.7 Å². The van der Waals surface area contributed by atoms with Crippen molar-refractivity contribution in [2.24, 2.45) is 0 Å². The van der Waals surface area contributed by atoms with Crippen molar-refractivity contribution in [3.05, 3.63) is 132 Å². The number of fused-ring (bicyclic) bond motifs is 6. The van der Waals surface area contributed by atoms with Crippen LogP contribution in [0.25, 0.3) is 75.5 Å². The summed E-state index contributed by atoms with van der Waals surface area (Å²) in [5.74, 6) is 0. The molecule has 202 valence electrons. The van der Waals surface area contributed by atoms with Crippen molar-refractivity contribution in [2.45, 2.75) is 0 Å². The highest BCUT2D eigenvalue weighted by Crippen LogP contribution is 2.42. The van der Waals surface area contributed by atoms with Crippen LogP contribution in [0.5, 0.6) is 0 Å². The minimum Gasteiger partial charge on any atom is -0.455 e. The summed E-state index contributed by atoms with van der Waals surface area (Å²) in [5.41, 5.74) is 7.45. The van der Waals surface area contributed by atoms with Gasteiger partial charge in [0.05, 0.1) is 34.9 Å². The highest BCUT2D eigenvalue weighted by molar-refractivity contribution is 7.25. The lowest BCUT2D eigenvalue weighted by Gasteiger charge is -2.14. The number of para-hydroxylation sites is 2. The lowest BCUT2D eigenvalue weighted by atomic mass is 9.88. The predicted octanol–water partition coefficient (Wildman–Crippen LogP) is 10.6. The fraction of sp³-hybridized carbons (Fsp3) is 0. The van der Waals surface area contributed by atoms with E-state index in [-0.39, 0.29) is 16.7 Å². The summed E-state index contributed by atoms with van der Waals surface area (Å²) in [7, 11) is 0. The zero-order valence-electron chi connectivity index (χ0n) is 23.1. The van der Waals surface area contributed by atoms with Crippen molar-refractivity contribution in [2.75, 3.05) is 0 Å². The van der Waals surface area contributed by atoms with E-state index < -0.39 is 0 Å². The highest BCUT2D eigenvalue weighted by Gasteiger charge is 2.19. The van der Waals surface area contributed by atoms with Crippen molar-refractivity contribution >= 4 is 53.4 Å². The maximum Gasteiger partial charge on any atom is 0.143 e. The van der Waals surface area contributed by atoms with Gasteiger partial charge in [-0.3, -0.25) is 0 Å². The van der Waals surface area contributed by atoms with Crippen molar-refractivity contribution in [3.63, 3.8) is 0 Å². The molecular weight excluding hydrogens is 559 g/mol. The van der Waals surface area contributed by atoms with Crippen LogP contribution in [0, 0.1) is 34.0 Å². The molecule has 0 radical (unpaired) electrons. The largest absolute Gasteiger partial charge is 0.455 e. The molecule has 2 aromatic heterocycles. The number of hydrogen-bond acceptors (Lipinski definition) is 5. The van der Waals surface area contributed by atoms with Crippen LogP contribution in [0.15, 0.2) is 120 Å². The third kappa shape index (κ3) is 3.95. The van der Waals surface area contributed by atoms with Crippen LogP contribution < -0.4 is 0 Å². The zero-order chi connectivity index (χ0) is 29.8. The molecule has 6 aromatic carbocycles. The number of nitriles is 3. The van der Waals surface area contributed by atoms with E-state index in [1.165, 1.54) is 20.2 Å². The molecule has 8 aromatic rings. The summed E-state index contributed by atoms with van der Waals surface area (Å²) in [4.78, 5) is 0. The quantitative estimate of drug-likeness (QED) is 0.209. The Balaban J connectivity index is 1.42. The molecule has 0 atom stereocenters. The molecule has 0 saturated carbocycles. The lowest BCUT2D eigenvalue weighted by molar-refractivity contribution is 0.670. The molecule has 0 saturated heterocycles. The highest BCUT2D eigenvalue weighted by atomic mass is 32.1. The first-order valence-electron chi connectivity index (χ1n) is 14.0. The molecule has 0 N–H and O–H groups in total. The Morgan fingerprint density at radius 3 is 1.98 bits per heavy atom. The average molecular weight is 578 g/mol. The average Bonchev–Trinajstić information content (AvgIpc) is 3.65. The molecule has 0 unspecified atom stereocenters. The third-order valence-electron chi connectivity index (χ3n) is 8.16. The summed E-state index contributed by atoms with van der Waals surface area (Å²) in [5, 5.41) is 34.3. The van der Waals surface area contributed by atoms with E-state index in [0.717, 1.165) is 49.8 Å². The van der Waals surface area contributed by atoms with E-state index in [4.69, 9.17) is 4.42 Å². The van der Waals surface area contributed by atoms with Gasteiger partial charge in [-0.1, -0.05) is 66.7 Å². The van der Waals surface area contributed by atoms with Crippen LogP contribution in [0.2, 0.25) is 0 Å². The van der Waals surface area contributed by atoms with E-state index in [2.05, 4.69) is 78.9 Å². The monoisotopic (exact) mass is 577 g/mol. The van der Waals surface area contributed by atoms with E-state index in [0.29, 0.717) is 5.56 Å². The summed E-state index contributed by atoms with van der Waals surface area (Å²) in [6, 6.07) is 44.8. The Morgan fingerprint density at radius 1 is 0.500 bits per heavy atom.